The minimum atomic E-state index is 0.0917. The van der Waals surface area contributed by atoms with Gasteiger partial charge >= 0.3 is 0 Å². The molecule has 1 atom stereocenters. The van der Waals surface area contributed by atoms with E-state index in [2.05, 4.69) is 33.8 Å². The van der Waals surface area contributed by atoms with Gasteiger partial charge in [0.1, 0.15) is 0 Å². The Morgan fingerprint density at radius 1 is 1.60 bits per heavy atom. The van der Waals surface area contributed by atoms with Crippen LogP contribution in [0.15, 0.2) is 23.8 Å². The fourth-order valence-electron chi connectivity index (χ4n) is 2.49. The van der Waals surface area contributed by atoms with Gasteiger partial charge in [0.05, 0.1) is 0 Å². The summed E-state index contributed by atoms with van der Waals surface area (Å²) in [5.41, 5.74) is 1.37. The lowest BCUT2D eigenvalue weighted by atomic mass is 9.67. The lowest BCUT2D eigenvalue weighted by Crippen LogP contribution is -2.33. The highest BCUT2D eigenvalue weighted by Gasteiger charge is 2.36. The van der Waals surface area contributed by atoms with Crippen molar-refractivity contribution >= 4 is 5.78 Å². The van der Waals surface area contributed by atoms with Crippen molar-refractivity contribution in [1.82, 2.24) is 0 Å². The van der Waals surface area contributed by atoms with Gasteiger partial charge in [-0.1, -0.05) is 38.5 Å². The molecule has 0 amide bonds. The molecule has 0 aromatic heterocycles. The molecule has 0 heterocycles. The minimum absolute atomic E-state index is 0.0917. The summed E-state index contributed by atoms with van der Waals surface area (Å²) in [4.78, 5) is 12.1. The first-order valence-corrected chi connectivity index (χ1v) is 5.86. The fraction of sp³-hybridized carbons (Fsp3) is 0.643. The molecule has 0 aromatic carbocycles. The molecule has 0 aromatic rings. The highest BCUT2D eigenvalue weighted by atomic mass is 16.1. The summed E-state index contributed by atoms with van der Waals surface area (Å²) >= 11 is 0. The van der Waals surface area contributed by atoms with E-state index in [1.165, 1.54) is 5.57 Å². The van der Waals surface area contributed by atoms with Gasteiger partial charge in [-0.3, -0.25) is 4.79 Å². The molecule has 0 radical (unpaired) electrons. The Hall–Kier alpha value is -0.850. The van der Waals surface area contributed by atoms with Crippen molar-refractivity contribution in [3.63, 3.8) is 0 Å². The van der Waals surface area contributed by atoms with Crippen LogP contribution in [0.1, 0.15) is 47.0 Å². The van der Waals surface area contributed by atoms with E-state index >= 15 is 0 Å². The van der Waals surface area contributed by atoms with E-state index in [9.17, 15) is 4.79 Å². The number of hydrogen-bond donors (Lipinski definition) is 0. The van der Waals surface area contributed by atoms with Crippen LogP contribution in [0.2, 0.25) is 0 Å². The van der Waals surface area contributed by atoms with Gasteiger partial charge in [0.2, 0.25) is 0 Å². The van der Waals surface area contributed by atoms with Gasteiger partial charge in [-0.2, -0.15) is 0 Å². The zero-order valence-corrected chi connectivity index (χ0v) is 10.3. The monoisotopic (exact) mass is 206 g/mol. The predicted octanol–water partition coefficient (Wildman–Crippen LogP) is 3.90. The highest BCUT2D eigenvalue weighted by Crippen LogP contribution is 2.41. The minimum Gasteiger partial charge on any atom is -0.294 e. The smallest absolute Gasteiger partial charge is 0.162 e. The summed E-state index contributed by atoms with van der Waals surface area (Å²) in [5, 5.41) is 0. The second kappa shape index (κ2) is 4.78. The number of carbonyl (C=O) groups excluding carboxylic acids is 1. The van der Waals surface area contributed by atoms with E-state index in [0.717, 1.165) is 19.3 Å². The van der Waals surface area contributed by atoms with Gasteiger partial charge in [0.15, 0.2) is 5.78 Å². The Bertz CT molecular complexity index is 294. The zero-order chi connectivity index (χ0) is 11.5. The summed E-state index contributed by atoms with van der Waals surface area (Å²) in [6.07, 6.45) is 9.09. The predicted molar refractivity (Wildman–Crippen MR) is 64.7 cm³/mol. The topological polar surface area (TPSA) is 17.1 Å². The second-order valence-electron chi connectivity index (χ2n) is 5.12. The van der Waals surface area contributed by atoms with Crippen molar-refractivity contribution in [3.8, 4) is 0 Å². The van der Waals surface area contributed by atoms with E-state index in [1.807, 2.05) is 6.08 Å². The quantitative estimate of drug-likeness (QED) is 0.505. The third kappa shape index (κ3) is 2.80. The first-order valence-electron chi connectivity index (χ1n) is 5.86. The Balaban J connectivity index is 2.89. The maximum atomic E-state index is 12.1. The van der Waals surface area contributed by atoms with E-state index in [4.69, 9.17) is 0 Å². The zero-order valence-electron chi connectivity index (χ0n) is 10.3. The van der Waals surface area contributed by atoms with Crippen molar-refractivity contribution in [2.24, 2.45) is 11.3 Å². The molecule has 15 heavy (non-hydrogen) atoms. The third-order valence-corrected chi connectivity index (χ3v) is 3.29. The summed E-state index contributed by atoms with van der Waals surface area (Å²) < 4.78 is 0. The van der Waals surface area contributed by atoms with E-state index in [-0.39, 0.29) is 17.1 Å². The van der Waals surface area contributed by atoms with Crippen LogP contribution < -0.4 is 0 Å². The van der Waals surface area contributed by atoms with Crippen molar-refractivity contribution in [2.45, 2.75) is 47.0 Å². The van der Waals surface area contributed by atoms with Crippen LogP contribution in [0, 0.1) is 11.3 Å². The van der Waals surface area contributed by atoms with Crippen molar-refractivity contribution < 1.29 is 4.79 Å². The van der Waals surface area contributed by atoms with Crippen molar-refractivity contribution in [3.05, 3.63) is 23.8 Å². The van der Waals surface area contributed by atoms with Crippen LogP contribution >= 0.6 is 0 Å². The average molecular weight is 206 g/mol. The molecule has 1 heteroatoms. The summed E-state index contributed by atoms with van der Waals surface area (Å²) in [6, 6.07) is 0. The Morgan fingerprint density at radius 3 is 2.80 bits per heavy atom. The lowest BCUT2D eigenvalue weighted by Gasteiger charge is -2.36. The Labute approximate surface area is 93.3 Å². The SMILES string of the molecule is CC/C=C/C(=O)[C@@H]1C(C)=CCCC1(C)C. The Kier molecular flexibility index (Phi) is 3.90. The molecule has 0 saturated heterocycles. The molecule has 0 aliphatic heterocycles. The molecule has 1 aliphatic rings. The largest absolute Gasteiger partial charge is 0.294 e. The summed E-state index contributed by atoms with van der Waals surface area (Å²) in [6.45, 7) is 8.54. The second-order valence-corrected chi connectivity index (χ2v) is 5.12. The van der Waals surface area contributed by atoms with Gasteiger partial charge in [0.25, 0.3) is 0 Å². The number of allylic oxidation sites excluding steroid dienone is 4. The molecule has 1 nitrogen and oxygen atoms in total. The van der Waals surface area contributed by atoms with E-state index in [0.29, 0.717) is 0 Å². The van der Waals surface area contributed by atoms with Gasteiger partial charge in [-0.05, 0) is 37.7 Å². The Morgan fingerprint density at radius 2 is 2.27 bits per heavy atom. The number of hydrogen-bond acceptors (Lipinski definition) is 1. The molecular formula is C14H22O. The normalized spacial score (nSPS) is 25.3. The molecule has 0 spiro atoms. The molecule has 0 N–H and O–H groups in total. The van der Waals surface area contributed by atoms with Gasteiger partial charge < -0.3 is 0 Å². The first kappa shape index (κ1) is 12.2. The fourth-order valence-corrected chi connectivity index (χ4v) is 2.49. The molecule has 0 unspecified atom stereocenters. The molecule has 0 saturated carbocycles. The van der Waals surface area contributed by atoms with Crippen LogP contribution in [-0.4, -0.2) is 5.78 Å². The number of carbonyl (C=O) groups is 1. The van der Waals surface area contributed by atoms with E-state index < -0.39 is 0 Å². The van der Waals surface area contributed by atoms with Crippen molar-refractivity contribution in [2.75, 3.05) is 0 Å². The maximum absolute atomic E-state index is 12.1. The summed E-state index contributed by atoms with van der Waals surface area (Å²) in [7, 11) is 0. The van der Waals surface area contributed by atoms with Gasteiger partial charge in [-0.25, -0.2) is 0 Å². The maximum Gasteiger partial charge on any atom is 0.162 e. The third-order valence-electron chi connectivity index (χ3n) is 3.29. The van der Waals surface area contributed by atoms with Crippen molar-refractivity contribution in [1.29, 1.82) is 0 Å². The molecule has 84 valence electrons. The van der Waals surface area contributed by atoms with Gasteiger partial charge in [0, 0.05) is 5.92 Å². The number of rotatable bonds is 3. The lowest BCUT2D eigenvalue weighted by molar-refractivity contribution is -0.120. The van der Waals surface area contributed by atoms with Crippen LogP contribution in [0.3, 0.4) is 0 Å². The molecule has 1 aliphatic carbocycles. The van der Waals surface area contributed by atoms with E-state index in [1.54, 1.807) is 6.08 Å². The molecule has 1 rings (SSSR count). The first-order chi connectivity index (χ1) is 6.99. The van der Waals surface area contributed by atoms with Crippen LogP contribution in [0.5, 0.6) is 0 Å². The molecule has 0 bridgehead atoms. The number of ketones is 1. The molecular weight excluding hydrogens is 184 g/mol. The van der Waals surface area contributed by atoms with Gasteiger partial charge in [-0.15, -0.1) is 0 Å². The van der Waals surface area contributed by atoms with Crippen LogP contribution in [0.4, 0.5) is 0 Å². The average Bonchev–Trinajstić information content (AvgIpc) is 2.13. The summed E-state index contributed by atoms with van der Waals surface area (Å²) in [5.74, 6) is 0.365. The molecule has 0 fully saturated rings. The van der Waals surface area contributed by atoms with Crippen LogP contribution in [-0.2, 0) is 4.79 Å². The van der Waals surface area contributed by atoms with Crippen LogP contribution in [0.25, 0.3) is 0 Å². The highest BCUT2D eigenvalue weighted by molar-refractivity contribution is 5.94. The standard InChI is InChI=1S/C14H22O/c1-5-6-9-12(15)13-11(2)8-7-10-14(13,3)4/h6,8-9,13H,5,7,10H2,1-4H3/b9-6+/t13-/m0/s1.